The summed E-state index contributed by atoms with van der Waals surface area (Å²) in [4.78, 5) is 11.5. The Labute approximate surface area is 101 Å². The lowest BCUT2D eigenvalue weighted by molar-refractivity contribution is -0.143. The fourth-order valence-electron chi connectivity index (χ4n) is 1.85. The van der Waals surface area contributed by atoms with Gasteiger partial charge in [0.2, 0.25) is 0 Å². The topological polar surface area (TPSA) is 47.6 Å². The SMILES string of the molecule is CCOC(=O)[C@@H](C)Nc1ccc2c(c1)CCO2. The van der Waals surface area contributed by atoms with Crippen molar-refractivity contribution in [1.82, 2.24) is 0 Å². The lowest BCUT2D eigenvalue weighted by atomic mass is 10.1. The molecule has 4 heteroatoms. The molecule has 0 saturated carbocycles. The van der Waals surface area contributed by atoms with Gasteiger partial charge in [-0.25, -0.2) is 4.79 Å². The zero-order chi connectivity index (χ0) is 12.3. The van der Waals surface area contributed by atoms with E-state index in [-0.39, 0.29) is 12.0 Å². The summed E-state index contributed by atoms with van der Waals surface area (Å²) >= 11 is 0. The Balaban J connectivity index is 2.01. The Bertz CT molecular complexity index is 417. The molecule has 1 N–H and O–H groups in total. The number of nitrogens with one attached hydrogen (secondary N) is 1. The van der Waals surface area contributed by atoms with Gasteiger partial charge in [0, 0.05) is 12.1 Å². The van der Waals surface area contributed by atoms with Crippen LogP contribution in [0.5, 0.6) is 5.75 Å². The largest absolute Gasteiger partial charge is 0.493 e. The van der Waals surface area contributed by atoms with Crippen molar-refractivity contribution in [1.29, 1.82) is 0 Å². The van der Waals surface area contributed by atoms with Crippen molar-refractivity contribution in [2.24, 2.45) is 0 Å². The monoisotopic (exact) mass is 235 g/mol. The first kappa shape index (κ1) is 11.8. The molecule has 0 aromatic heterocycles. The summed E-state index contributed by atoms with van der Waals surface area (Å²) < 4.78 is 10.4. The molecule has 92 valence electrons. The molecule has 1 aliphatic rings. The molecule has 1 heterocycles. The highest BCUT2D eigenvalue weighted by Crippen LogP contribution is 2.28. The quantitative estimate of drug-likeness (QED) is 0.811. The van der Waals surface area contributed by atoms with E-state index in [9.17, 15) is 4.79 Å². The van der Waals surface area contributed by atoms with Crippen molar-refractivity contribution >= 4 is 11.7 Å². The summed E-state index contributed by atoms with van der Waals surface area (Å²) in [5.74, 6) is 0.712. The molecule has 0 spiro atoms. The van der Waals surface area contributed by atoms with Crippen molar-refractivity contribution in [2.45, 2.75) is 26.3 Å². The van der Waals surface area contributed by atoms with E-state index in [4.69, 9.17) is 9.47 Å². The average molecular weight is 235 g/mol. The van der Waals surface area contributed by atoms with Gasteiger partial charge in [-0.05, 0) is 37.6 Å². The first-order valence-electron chi connectivity index (χ1n) is 5.89. The first-order chi connectivity index (χ1) is 8.20. The van der Waals surface area contributed by atoms with Crippen molar-refractivity contribution in [3.8, 4) is 5.75 Å². The predicted octanol–water partition coefficient (Wildman–Crippen LogP) is 1.98. The van der Waals surface area contributed by atoms with Crippen LogP contribution >= 0.6 is 0 Å². The molecule has 0 bridgehead atoms. The van der Waals surface area contributed by atoms with Crippen molar-refractivity contribution in [3.63, 3.8) is 0 Å². The van der Waals surface area contributed by atoms with Crippen molar-refractivity contribution in [3.05, 3.63) is 23.8 Å². The van der Waals surface area contributed by atoms with Gasteiger partial charge in [-0.1, -0.05) is 0 Å². The predicted molar refractivity (Wildman–Crippen MR) is 65.4 cm³/mol. The van der Waals surface area contributed by atoms with E-state index in [1.807, 2.05) is 18.2 Å². The number of anilines is 1. The molecular formula is C13H17NO3. The number of carbonyl (C=O) groups is 1. The molecule has 0 amide bonds. The molecule has 1 aromatic carbocycles. The van der Waals surface area contributed by atoms with Crippen LogP contribution in [-0.4, -0.2) is 25.2 Å². The first-order valence-corrected chi connectivity index (χ1v) is 5.89. The lowest BCUT2D eigenvalue weighted by Gasteiger charge is -2.14. The van der Waals surface area contributed by atoms with Crippen molar-refractivity contribution in [2.75, 3.05) is 18.5 Å². The second kappa shape index (κ2) is 5.08. The minimum Gasteiger partial charge on any atom is -0.493 e. The normalized spacial score (nSPS) is 14.7. The van der Waals surface area contributed by atoms with Gasteiger partial charge in [0.25, 0.3) is 0 Å². The van der Waals surface area contributed by atoms with Crippen LogP contribution < -0.4 is 10.1 Å². The molecule has 1 aliphatic heterocycles. The highest BCUT2D eigenvalue weighted by molar-refractivity contribution is 5.78. The van der Waals surface area contributed by atoms with E-state index in [2.05, 4.69) is 5.32 Å². The summed E-state index contributed by atoms with van der Waals surface area (Å²) in [6.07, 6.45) is 0.929. The Kier molecular flexibility index (Phi) is 3.52. The smallest absolute Gasteiger partial charge is 0.328 e. The van der Waals surface area contributed by atoms with E-state index >= 15 is 0 Å². The van der Waals surface area contributed by atoms with Crippen LogP contribution in [0.4, 0.5) is 5.69 Å². The van der Waals surface area contributed by atoms with Gasteiger partial charge in [-0.3, -0.25) is 0 Å². The molecule has 4 nitrogen and oxygen atoms in total. The molecule has 0 saturated heterocycles. The Morgan fingerprint density at radius 1 is 1.59 bits per heavy atom. The lowest BCUT2D eigenvalue weighted by Crippen LogP contribution is -2.28. The van der Waals surface area contributed by atoms with E-state index < -0.39 is 0 Å². The number of rotatable bonds is 4. The van der Waals surface area contributed by atoms with E-state index in [1.165, 1.54) is 5.56 Å². The van der Waals surface area contributed by atoms with Crippen molar-refractivity contribution < 1.29 is 14.3 Å². The number of esters is 1. The van der Waals surface area contributed by atoms with Gasteiger partial charge in [0.15, 0.2) is 0 Å². The summed E-state index contributed by atoms with van der Waals surface area (Å²) in [6, 6.07) is 5.54. The molecular weight excluding hydrogens is 218 g/mol. The Morgan fingerprint density at radius 3 is 3.18 bits per heavy atom. The zero-order valence-electron chi connectivity index (χ0n) is 10.2. The van der Waals surface area contributed by atoms with Gasteiger partial charge < -0.3 is 14.8 Å². The maximum absolute atomic E-state index is 11.5. The number of fused-ring (bicyclic) bond motifs is 1. The van der Waals surface area contributed by atoms with Crippen LogP contribution in [-0.2, 0) is 16.0 Å². The van der Waals surface area contributed by atoms with Crippen LogP contribution in [0, 0.1) is 0 Å². The number of hydrogen-bond donors (Lipinski definition) is 1. The fraction of sp³-hybridized carbons (Fsp3) is 0.462. The summed E-state index contributed by atoms with van der Waals surface area (Å²) in [6.45, 7) is 4.74. The third-order valence-corrected chi connectivity index (χ3v) is 2.71. The van der Waals surface area contributed by atoms with Crippen LogP contribution in [0.3, 0.4) is 0 Å². The minimum absolute atomic E-state index is 0.232. The van der Waals surface area contributed by atoms with Crippen LogP contribution in [0.25, 0.3) is 0 Å². The highest BCUT2D eigenvalue weighted by Gasteiger charge is 2.16. The van der Waals surface area contributed by atoms with Gasteiger partial charge in [-0.2, -0.15) is 0 Å². The average Bonchev–Trinajstić information content (AvgIpc) is 2.76. The fourth-order valence-corrected chi connectivity index (χ4v) is 1.85. The van der Waals surface area contributed by atoms with Gasteiger partial charge >= 0.3 is 5.97 Å². The number of benzene rings is 1. The highest BCUT2D eigenvalue weighted by atomic mass is 16.5. The molecule has 2 rings (SSSR count). The van der Waals surface area contributed by atoms with Gasteiger partial charge in [0.1, 0.15) is 11.8 Å². The van der Waals surface area contributed by atoms with Gasteiger partial charge in [0.05, 0.1) is 13.2 Å². The van der Waals surface area contributed by atoms with Crippen LogP contribution in [0.15, 0.2) is 18.2 Å². The molecule has 0 unspecified atom stereocenters. The van der Waals surface area contributed by atoms with Crippen LogP contribution in [0.2, 0.25) is 0 Å². The molecule has 1 atom stereocenters. The number of carbonyl (C=O) groups excluding carboxylic acids is 1. The molecule has 0 radical (unpaired) electrons. The second-order valence-electron chi connectivity index (χ2n) is 4.04. The number of ether oxygens (including phenoxy) is 2. The summed E-state index contributed by atoms with van der Waals surface area (Å²) in [5, 5.41) is 3.13. The second-order valence-corrected chi connectivity index (χ2v) is 4.04. The maximum Gasteiger partial charge on any atom is 0.328 e. The minimum atomic E-state index is -0.338. The molecule has 17 heavy (non-hydrogen) atoms. The van der Waals surface area contributed by atoms with E-state index in [1.54, 1.807) is 13.8 Å². The molecule has 0 aliphatic carbocycles. The van der Waals surface area contributed by atoms with Crippen LogP contribution in [0.1, 0.15) is 19.4 Å². The van der Waals surface area contributed by atoms with Gasteiger partial charge in [-0.15, -0.1) is 0 Å². The summed E-state index contributed by atoms with van der Waals surface area (Å²) in [7, 11) is 0. The zero-order valence-corrected chi connectivity index (χ0v) is 10.2. The molecule has 0 fully saturated rings. The van der Waals surface area contributed by atoms with E-state index in [0.29, 0.717) is 6.61 Å². The Hall–Kier alpha value is -1.71. The maximum atomic E-state index is 11.5. The third kappa shape index (κ3) is 2.70. The third-order valence-electron chi connectivity index (χ3n) is 2.71. The summed E-state index contributed by atoms with van der Waals surface area (Å²) in [5.41, 5.74) is 2.11. The number of hydrogen-bond acceptors (Lipinski definition) is 4. The standard InChI is InChI=1S/C13H17NO3/c1-3-16-13(15)9(2)14-11-4-5-12-10(8-11)6-7-17-12/h4-5,8-9,14H,3,6-7H2,1-2H3/t9-/m1/s1. The molecule has 1 aromatic rings. The van der Waals surface area contributed by atoms with E-state index in [0.717, 1.165) is 24.5 Å². The Morgan fingerprint density at radius 2 is 2.41 bits per heavy atom.